The highest BCUT2D eigenvalue weighted by atomic mass is 16.5. The van der Waals surface area contributed by atoms with E-state index < -0.39 is 70.6 Å². The molecule has 6 amide bonds. The van der Waals surface area contributed by atoms with Crippen molar-refractivity contribution in [1.29, 1.82) is 0 Å². The number of H-pyrrole nitrogens is 2. The van der Waals surface area contributed by atoms with Crippen LogP contribution in [0.2, 0.25) is 0 Å². The van der Waals surface area contributed by atoms with E-state index in [4.69, 9.17) is 4.74 Å². The lowest BCUT2D eigenvalue weighted by atomic mass is 9.86. The van der Waals surface area contributed by atoms with Gasteiger partial charge < -0.3 is 30.7 Å². The Balaban J connectivity index is 0.000000144. The molecule has 0 unspecified atom stereocenters. The van der Waals surface area contributed by atoms with Gasteiger partial charge in [0.2, 0.25) is 52.1 Å². The van der Waals surface area contributed by atoms with Crippen LogP contribution in [0.5, 0.6) is 5.88 Å². The summed E-state index contributed by atoms with van der Waals surface area (Å²) in [5.41, 5.74) is 4.77. The number of nitrogens with one attached hydrogen (secondary N) is 5. The minimum atomic E-state index is -0.759. The van der Waals surface area contributed by atoms with Gasteiger partial charge in [-0.2, -0.15) is 4.98 Å². The Kier molecular flexibility index (Phi) is 19.9. The van der Waals surface area contributed by atoms with Crippen molar-refractivity contribution >= 4 is 70.2 Å². The summed E-state index contributed by atoms with van der Waals surface area (Å²) in [7, 11) is 0. The van der Waals surface area contributed by atoms with Crippen molar-refractivity contribution in [3.63, 3.8) is 0 Å². The summed E-state index contributed by atoms with van der Waals surface area (Å²) in [6.45, 7) is 4.30. The highest BCUT2D eigenvalue weighted by molar-refractivity contribution is 6.39. The van der Waals surface area contributed by atoms with E-state index in [1.54, 1.807) is 25.1 Å². The molecule has 93 heavy (non-hydrogen) atoms. The van der Waals surface area contributed by atoms with Crippen molar-refractivity contribution in [2.75, 3.05) is 34.3 Å². The number of amides is 6. The molecule has 3 saturated heterocycles. The molecule has 0 bridgehead atoms. The summed E-state index contributed by atoms with van der Waals surface area (Å²) < 4.78 is 5.91. The fourth-order valence-electron chi connectivity index (χ4n) is 12.0. The third-order valence-electron chi connectivity index (χ3n) is 17.4. The van der Waals surface area contributed by atoms with Crippen LogP contribution < -0.4 is 46.5 Å². The summed E-state index contributed by atoms with van der Waals surface area (Å²) >= 11 is 0. The fraction of sp³-hybridized carbons (Fsp3) is 0.333. The fourth-order valence-corrected chi connectivity index (χ4v) is 12.0. The van der Waals surface area contributed by atoms with Gasteiger partial charge in [0.05, 0.1) is 35.5 Å². The maximum absolute atomic E-state index is 13.6. The van der Waals surface area contributed by atoms with Crippen molar-refractivity contribution < 1.29 is 47.9 Å². The number of benzene rings is 4. The monoisotopic (exact) mass is 1260 g/mol. The van der Waals surface area contributed by atoms with Crippen LogP contribution in [-0.4, -0.2) is 106 Å². The number of nitrogens with zero attached hydrogens (tertiary/aromatic N) is 4. The van der Waals surface area contributed by atoms with Gasteiger partial charge in [0.15, 0.2) is 0 Å². The lowest BCUT2D eigenvalue weighted by molar-refractivity contribution is -0.141. The van der Waals surface area contributed by atoms with E-state index >= 15 is 0 Å². The van der Waals surface area contributed by atoms with Crippen LogP contribution >= 0.6 is 0 Å². The number of hydrogen-bond donors (Lipinski definition) is 5. The molecule has 4 aromatic carbocycles. The van der Waals surface area contributed by atoms with E-state index in [2.05, 4.69) is 30.9 Å². The van der Waals surface area contributed by atoms with Gasteiger partial charge >= 0.3 is 0 Å². The number of pyridine rings is 3. The van der Waals surface area contributed by atoms with Crippen molar-refractivity contribution in [3.8, 4) is 5.88 Å². The number of carbonyl (C=O) groups excluding carboxylic acids is 9. The summed E-state index contributed by atoms with van der Waals surface area (Å²) in [6.07, 6.45) is 6.41. The summed E-state index contributed by atoms with van der Waals surface area (Å²) in [5, 5.41) is 8.22. The second-order valence-electron chi connectivity index (χ2n) is 24.8. The highest BCUT2D eigenvalue weighted by Gasteiger charge is 2.50. The number of ether oxygens (including phenoxy) is 1. The Bertz CT molecular complexity index is 4060. The second kappa shape index (κ2) is 28.8. The molecule has 3 aliphatic heterocycles. The summed E-state index contributed by atoms with van der Waals surface area (Å²) in [4.78, 5) is 154. The van der Waals surface area contributed by atoms with Crippen molar-refractivity contribution in [2.45, 2.75) is 96.4 Å². The van der Waals surface area contributed by atoms with Crippen LogP contribution in [0.25, 0.3) is 0 Å². The Morgan fingerprint density at radius 1 is 0.430 bits per heavy atom. The van der Waals surface area contributed by atoms with Gasteiger partial charge in [0.1, 0.15) is 24.1 Å². The first-order valence-electron chi connectivity index (χ1n) is 31.6. The predicted octanol–water partition coefficient (Wildman–Crippen LogP) is 6.04. The minimum Gasteiger partial charge on any atom is -0.473 e. The first-order chi connectivity index (χ1) is 44.9. The first-order valence-corrected chi connectivity index (χ1v) is 31.6. The molecule has 478 valence electrons. The zero-order valence-electron chi connectivity index (χ0n) is 51.7. The predicted molar refractivity (Wildman–Crippen MR) is 346 cm³/mol. The molecule has 21 heteroatoms. The molecule has 6 atom stereocenters. The van der Waals surface area contributed by atoms with Crippen LogP contribution in [0.3, 0.4) is 0 Å². The van der Waals surface area contributed by atoms with Crippen LogP contribution in [0.4, 0.5) is 17.5 Å². The second-order valence-corrected chi connectivity index (χ2v) is 24.8. The minimum absolute atomic E-state index is 0.0698. The SMILES string of the molecule is Cc1cc(N2C[C@H](C(=O)C(=O)NC3CC3)[C@@H](Cc3ccccc3)C2=O)[nH]c(=O)c1.Cc1cc(OCc2ccccc2)nc(N2C[C@H](C(=O)C(=O)NC3CC3)[C@@H](Cc3ccccc3)C2=O)c1.O=C(NC1CC1)C(=O)[C@H]1CN(c2cccc(=O)[nH]2)C(=O)[C@@H]1Cc1ccccc1. The number of rotatable bonds is 21. The first kappa shape index (κ1) is 64.1. The normalized spacial score (nSPS) is 20.6. The average molecular weight is 1260 g/mol. The van der Waals surface area contributed by atoms with Gasteiger partial charge in [-0.1, -0.05) is 127 Å². The van der Waals surface area contributed by atoms with Gasteiger partial charge in [0.25, 0.3) is 17.7 Å². The maximum Gasteiger partial charge on any atom is 0.287 e. The highest BCUT2D eigenvalue weighted by Crippen LogP contribution is 2.37. The van der Waals surface area contributed by atoms with Crippen LogP contribution in [0.15, 0.2) is 173 Å². The van der Waals surface area contributed by atoms with Crippen LogP contribution in [0, 0.1) is 49.4 Å². The number of Topliss-reactive ketones (excluding diaryl/α,β-unsaturated/α-hetero) is 3. The van der Waals surface area contributed by atoms with Crippen molar-refractivity contribution in [1.82, 2.24) is 30.9 Å². The molecule has 5 N–H and O–H groups in total. The summed E-state index contributed by atoms with van der Waals surface area (Å²) in [6, 6.07) is 49.7. The lowest BCUT2D eigenvalue weighted by Crippen LogP contribution is -2.39. The molecule has 21 nitrogen and oxygen atoms in total. The maximum atomic E-state index is 13.6. The smallest absolute Gasteiger partial charge is 0.287 e. The molecule has 6 heterocycles. The number of ketones is 3. The molecule has 3 aromatic heterocycles. The van der Waals surface area contributed by atoms with Crippen molar-refractivity contribution in [2.24, 2.45) is 35.5 Å². The molecular weight excluding hydrogens is 1180 g/mol. The molecule has 6 fully saturated rings. The zero-order valence-corrected chi connectivity index (χ0v) is 51.7. The molecular formula is C72H73N9O12. The number of hydrogen-bond acceptors (Lipinski definition) is 13. The Morgan fingerprint density at radius 3 is 1.22 bits per heavy atom. The van der Waals surface area contributed by atoms with E-state index in [1.807, 2.05) is 140 Å². The summed E-state index contributed by atoms with van der Waals surface area (Å²) in [5.74, 6) is -6.90. The molecule has 3 saturated carbocycles. The third kappa shape index (κ3) is 16.4. The van der Waals surface area contributed by atoms with Gasteiger partial charge in [-0.3, -0.25) is 67.4 Å². The van der Waals surface area contributed by atoms with Crippen LogP contribution in [-0.2, 0) is 69.0 Å². The van der Waals surface area contributed by atoms with Gasteiger partial charge in [-0.25, -0.2) is 0 Å². The van der Waals surface area contributed by atoms with Crippen molar-refractivity contribution in [3.05, 3.63) is 218 Å². The lowest BCUT2D eigenvalue weighted by Gasteiger charge is -2.17. The Morgan fingerprint density at radius 2 is 0.806 bits per heavy atom. The molecule has 13 rings (SSSR count). The molecule has 0 radical (unpaired) electrons. The number of aryl methyl sites for hydroxylation is 2. The third-order valence-corrected chi connectivity index (χ3v) is 17.4. The topological polar surface area (TPSA) is 287 Å². The van der Waals surface area contributed by atoms with Gasteiger partial charge in [0, 0.05) is 56.0 Å². The largest absolute Gasteiger partial charge is 0.473 e. The Labute approximate surface area is 536 Å². The molecule has 3 aliphatic carbocycles. The standard InChI is InChI=1S/C29H29N3O4.C22H23N3O4.C21H21N3O4/c1-19-14-25(31-26(15-19)36-18-21-10-6-3-7-11-21)32-17-24(27(33)28(34)30-22-12-13-22)23(29(32)35)16-20-8-4-2-5-9-20;1-13-9-18(24-19(26)10-13)25-12-17(20(27)21(28)23-15-7-8-15)16(22(25)29)11-14-5-3-2-4-6-14;25-18-8-4-7-17(23-18)24-12-16(19(26)20(27)22-14-9-10-14)15(21(24)28)11-13-5-2-1-3-6-13/h2-11,14-15,22-24H,12-13,16-18H2,1H3,(H,30,34);2-6,9-10,15-17H,7-8,11-12H2,1H3,(H,23,28)(H,24,26);1-8,14-16H,9-12H2,(H,22,27)(H,23,25)/t23-,24+;16-,17+;15-,16+/m111/s1. The average Bonchev–Trinajstić information content (AvgIpc) is 1.66. The van der Waals surface area contributed by atoms with E-state index in [-0.39, 0.29) is 66.6 Å². The van der Waals surface area contributed by atoms with Crippen LogP contribution in [0.1, 0.15) is 71.9 Å². The number of aromatic nitrogens is 3. The van der Waals surface area contributed by atoms with E-state index in [0.29, 0.717) is 49.2 Å². The quantitative estimate of drug-likeness (QED) is 0.0514. The molecule has 6 aliphatic rings. The number of aromatic amines is 2. The van der Waals surface area contributed by atoms with E-state index in [1.165, 1.54) is 26.8 Å². The van der Waals surface area contributed by atoms with Gasteiger partial charge in [-0.05, 0) is 123 Å². The van der Waals surface area contributed by atoms with E-state index in [9.17, 15) is 52.7 Å². The van der Waals surface area contributed by atoms with E-state index in [0.717, 1.165) is 71.9 Å². The zero-order chi connectivity index (χ0) is 65.3. The molecule has 0 spiro atoms. The number of anilines is 3. The molecule has 7 aromatic rings. The Hall–Kier alpha value is -10.4. The van der Waals surface area contributed by atoms with Gasteiger partial charge in [-0.15, -0.1) is 0 Å². The number of carbonyl (C=O) groups is 9.